The third kappa shape index (κ3) is 2.07. The first-order chi connectivity index (χ1) is 10.3. The molecule has 0 fully saturated rings. The van der Waals surface area contributed by atoms with Gasteiger partial charge in [0.2, 0.25) is 5.89 Å². The van der Waals surface area contributed by atoms with Crippen LogP contribution in [-0.4, -0.2) is 17.1 Å². The van der Waals surface area contributed by atoms with Crippen LogP contribution in [0, 0.1) is 0 Å². The molecule has 0 atom stereocenters. The Bertz CT molecular complexity index is 757. The van der Waals surface area contributed by atoms with Crippen LogP contribution in [0.2, 0.25) is 0 Å². The largest absolute Gasteiger partial charge is 0.496 e. The maximum absolute atomic E-state index is 5.82. The number of aromatic nitrogens is 2. The Kier molecular flexibility index (Phi) is 2.88. The van der Waals surface area contributed by atoms with Gasteiger partial charge in [-0.15, -0.1) is 0 Å². The molecule has 2 aromatic heterocycles. The second kappa shape index (κ2) is 4.88. The SMILES string of the molecule is COc1cc(-c2nc3ncccc3o2)cc2c1CCCC2. The molecule has 0 radical (unpaired) electrons. The first-order valence-corrected chi connectivity index (χ1v) is 7.27. The Hall–Kier alpha value is -2.36. The number of ether oxygens (including phenoxy) is 1. The summed E-state index contributed by atoms with van der Waals surface area (Å²) in [6.07, 6.45) is 6.37. The highest BCUT2D eigenvalue weighted by molar-refractivity contribution is 5.73. The molecule has 1 aromatic carbocycles. The number of nitrogens with zero attached hydrogens (tertiary/aromatic N) is 2. The fraction of sp³-hybridized carbons (Fsp3) is 0.294. The van der Waals surface area contributed by atoms with Crippen molar-refractivity contribution in [2.24, 2.45) is 0 Å². The maximum Gasteiger partial charge on any atom is 0.229 e. The Morgan fingerprint density at radius 1 is 1.19 bits per heavy atom. The van der Waals surface area contributed by atoms with Crippen LogP contribution < -0.4 is 4.74 Å². The molecule has 106 valence electrons. The molecule has 0 unspecified atom stereocenters. The van der Waals surface area contributed by atoms with E-state index in [-0.39, 0.29) is 0 Å². The zero-order valence-electron chi connectivity index (χ0n) is 11.9. The predicted molar refractivity (Wildman–Crippen MR) is 80.4 cm³/mol. The van der Waals surface area contributed by atoms with Gasteiger partial charge < -0.3 is 9.15 Å². The number of methoxy groups -OCH3 is 1. The van der Waals surface area contributed by atoms with Crippen molar-refractivity contribution in [1.29, 1.82) is 0 Å². The smallest absolute Gasteiger partial charge is 0.229 e. The second-order valence-electron chi connectivity index (χ2n) is 5.37. The number of benzene rings is 1. The van der Waals surface area contributed by atoms with Crippen molar-refractivity contribution in [1.82, 2.24) is 9.97 Å². The number of aryl methyl sites for hydroxylation is 1. The van der Waals surface area contributed by atoms with Gasteiger partial charge >= 0.3 is 0 Å². The summed E-state index contributed by atoms with van der Waals surface area (Å²) in [6, 6.07) is 7.94. The average molecular weight is 280 g/mol. The van der Waals surface area contributed by atoms with Gasteiger partial charge in [0.25, 0.3) is 0 Å². The third-order valence-electron chi connectivity index (χ3n) is 4.06. The average Bonchev–Trinajstić information content (AvgIpc) is 2.98. The van der Waals surface area contributed by atoms with Crippen LogP contribution in [0.25, 0.3) is 22.7 Å². The quantitative estimate of drug-likeness (QED) is 0.716. The lowest BCUT2D eigenvalue weighted by Gasteiger charge is -2.19. The summed E-state index contributed by atoms with van der Waals surface area (Å²) in [5.41, 5.74) is 5.01. The zero-order valence-corrected chi connectivity index (χ0v) is 11.9. The standard InChI is InChI=1S/C17H16N2O2/c1-20-15-10-12(9-11-5-2-3-6-13(11)15)17-19-16-14(21-17)7-4-8-18-16/h4,7-10H,2-3,5-6H2,1H3. The highest BCUT2D eigenvalue weighted by atomic mass is 16.5. The number of hydrogen-bond donors (Lipinski definition) is 0. The molecule has 1 aliphatic rings. The monoisotopic (exact) mass is 280 g/mol. The minimum Gasteiger partial charge on any atom is -0.496 e. The highest BCUT2D eigenvalue weighted by Crippen LogP contribution is 2.35. The van der Waals surface area contributed by atoms with Crippen molar-refractivity contribution < 1.29 is 9.15 Å². The van der Waals surface area contributed by atoms with Gasteiger partial charge in [-0.1, -0.05) is 0 Å². The van der Waals surface area contributed by atoms with Crippen molar-refractivity contribution >= 4 is 11.2 Å². The summed E-state index contributed by atoms with van der Waals surface area (Å²) < 4.78 is 11.4. The zero-order chi connectivity index (χ0) is 14.2. The molecule has 4 nitrogen and oxygen atoms in total. The summed E-state index contributed by atoms with van der Waals surface area (Å²) in [5, 5.41) is 0. The molecule has 3 aromatic rings. The molecule has 0 bridgehead atoms. The third-order valence-corrected chi connectivity index (χ3v) is 4.06. The Balaban J connectivity index is 1.87. The fourth-order valence-corrected chi connectivity index (χ4v) is 3.03. The van der Waals surface area contributed by atoms with Crippen LogP contribution in [0.15, 0.2) is 34.9 Å². The summed E-state index contributed by atoms with van der Waals surface area (Å²) in [5.74, 6) is 1.55. The summed E-state index contributed by atoms with van der Waals surface area (Å²) >= 11 is 0. The van der Waals surface area contributed by atoms with Crippen molar-refractivity contribution in [3.05, 3.63) is 41.6 Å². The van der Waals surface area contributed by atoms with Crippen molar-refractivity contribution in [3.63, 3.8) is 0 Å². The van der Waals surface area contributed by atoms with E-state index in [1.807, 2.05) is 18.2 Å². The van der Waals surface area contributed by atoms with E-state index in [0.29, 0.717) is 17.1 Å². The second-order valence-corrected chi connectivity index (χ2v) is 5.37. The molecule has 0 saturated carbocycles. The lowest BCUT2D eigenvalue weighted by molar-refractivity contribution is 0.406. The first kappa shape index (κ1) is 12.4. The normalized spacial score (nSPS) is 14.1. The number of oxazole rings is 1. The van der Waals surface area contributed by atoms with E-state index in [1.54, 1.807) is 13.3 Å². The molecule has 0 amide bonds. The van der Waals surface area contributed by atoms with E-state index in [0.717, 1.165) is 24.2 Å². The minimum absolute atomic E-state index is 0.607. The van der Waals surface area contributed by atoms with Crippen molar-refractivity contribution in [2.75, 3.05) is 7.11 Å². The molecule has 21 heavy (non-hydrogen) atoms. The van der Waals surface area contributed by atoms with E-state index in [9.17, 15) is 0 Å². The molecule has 4 rings (SSSR count). The van der Waals surface area contributed by atoms with Gasteiger partial charge in [0.1, 0.15) is 5.75 Å². The van der Waals surface area contributed by atoms with E-state index in [2.05, 4.69) is 16.0 Å². The van der Waals surface area contributed by atoms with Crippen LogP contribution in [0.3, 0.4) is 0 Å². The lowest BCUT2D eigenvalue weighted by Crippen LogP contribution is -2.05. The summed E-state index contributed by atoms with van der Waals surface area (Å²) in [4.78, 5) is 8.70. The van der Waals surface area contributed by atoms with Crippen LogP contribution in [-0.2, 0) is 12.8 Å². The molecule has 0 spiro atoms. The van der Waals surface area contributed by atoms with Crippen LogP contribution >= 0.6 is 0 Å². The molecule has 0 N–H and O–H groups in total. The molecular formula is C17H16N2O2. The van der Waals surface area contributed by atoms with Gasteiger partial charge in [-0.3, -0.25) is 0 Å². The van der Waals surface area contributed by atoms with Gasteiger partial charge in [0, 0.05) is 11.8 Å². The van der Waals surface area contributed by atoms with Crippen molar-refractivity contribution in [2.45, 2.75) is 25.7 Å². The lowest BCUT2D eigenvalue weighted by atomic mass is 9.89. The number of pyridine rings is 1. The van der Waals surface area contributed by atoms with Gasteiger partial charge in [-0.05, 0) is 61.1 Å². The highest BCUT2D eigenvalue weighted by Gasteiger charge is 2.18. The molecule has 1 aliphatic carbocycles. The van der Waals surface area contributed by atoms with E-state index in [1.165, 1.54) is 24.0 Å². The topological polar surface area (TPSA) is 48.2 Å². The Labute approximate surface area is 122 Å². The number of fused-ring (bicyclic) bond motifs is 2. The molecule has 4 heteroatoms. The Morgan fingerprint density at radius 2 is 2.10 bits per heavy atom. The molecular weight excluding hydrogens is 264 g/mol. The van der Waals surface area contributed by atoms with E-state index in [4.69, 9.17) is 9.15 Å². The van der Waals surface area contributed by atoms with Crippen LogP contribution in [0.1, 0.15) is 24.0 Å². The van der Waals surface area contributed by atoms with E-state index < -0.39 is 0 Å². The van der Waals surface area contributed by atoms with Crippen LogP contribution in [0.4, 0.5) is 0 Å². The summed E-state index contributed by atoms with van der Waals surface area (Å²) in [7, 11) is 1.72. The fourth-order valence-electron chi connectivity index (χ4n) is 3.03. The predicted octanol–water partition coefficient (Wildman–Crippen LogP) is 3.78. The van der Waals surface area contributed by atoms with E-state index >= 15 is 0 Å². The van der Waals surface area contributed by atoms with Crippen LogP contribution in [0.5, 0.6) is 5.75 Å². The summed E-state index contributed by atoms with van der Waals surface area (Å²) in [6.45, 7) is 0. The van der Waals surface area contributed by atoms with Gasteiger partial charge in [0.15, 0.2) is 11.2 Å². The Morgan fingerprint density at radius 3 is 2.95 bits per heavy atom. The minimum atomic E-state index is 0.607. The number of rotatable bonds is 2. The van der Waals surface area contributed by atoms with Gasteiger partial charge in [-0.25, -0.2) is 4.98 Å². The first-order valence-electron chi connectivity index (χ1n) is 7.27. The van der Waals surface area contributed by atoms with Gasteiger partial charge in [-0.2, -0.15) is 4.98 Å². The molecule has 2 heterocycles. The molecule has 0 saturated heterocycles. The molecule has 0 aliphatic heterocycles. The number of hydrogen-bond acceptors (Lipinski definition) is 4. The van der Waals surface area contributed by atoms with Crippen molar-refractivity contribution in [3.8, 4) is 17.2 Å². The van der Waals surface area contributed by atoms with Gasteiger partial charge in [0.05, 0.1) is 7.11 Å². The maximum atomic E-state index is 5.82.